The average Bonchev–Trinajstić information content (AvgIpc) is 2.79. The molecule has 0 unspecified atom stereocenters. The maximum Gasteiger partial charge on any atom is 0.265 e. The summed E-state index contributed by atoms with van der Waals surface area (Å²) >= 11 is 3.33. The highest BCUT2D eigenvalue weighted by Crippen LogP contribution is 2.43. The predicted octanol–water partition coefficient (Wildman–Crippen LogP) is 2.34. The van der Waals surface area contributed by atoms with Crippen LogP contribution in [0.25, 0.3) is 0 Å². The zero-order valence-corrected chi connectivity index (χ0v) is 14.2. The Morgan fingerprint density at radius 1 is 1.17 bits per heavy atom. The number of carbonyl (C=O) groups is 2. The molecule has 2 aromatic carbocycles. The number of anilines is 1. The van der Waals surface area contributed by atoms with Crippen LogP contribution < -0.4 is 5.32 Å². The second-order valence-electron chi connectivity index (χ2n) is 5.60. The number of fused-ring (bicyclic) bond motifs is 1. The van der Waals surface area contributed by atoms with Crippen molar-refractivity contribution in [3.63, 3.8) is 0 Å². The van der Waals surface area contributed by atoms with Crippen LogP contribution in [0.1, 0.15) is 21.5 Å². The number of carbonyl (C=O) groups excluding carboxylic acids is 2. The SMILES string of the molecule is CN(C)C(=O)c1cccc2c1[C@@](O)(c1ccc(Br)cc1)C(=O)N2. The van der Waals surface area contributed by atoms with Crippen molar-refractivity contribution in [1.29, 1.82) is 0 Å². The second-order valence-corrected chi connectivity index (χ2v) is 6.51. The van der Waals surface area contributed by atoms with Gasteiger partial charge in [-0.2, -0.15) is 0 Å². The molecule has 3 rings (SSSR count). The molecule has 2 aromatic rings. The molecule has 2 amide bonds. The predicted molar refractivity (Wildman–Crippen MR) is 90.2 cm³/mol. The van der Waals surface area contributed by atoms with Crippen LogP contribution in [0.15, 0.2) is 46.9 Å². The van der Waals surface area contributed by atoms with Crippen molar-refractivity contribution in [2.24, 2.45) is 0 Å². The monoisotopic (exact) mass is 374 g/mol. The summed E-state index contributed by atoms with van der Waals surface area (Å²) in [6.07, 6.45) is 0. The minimum absolute atomic E-state index is 0.270. The van der Waals surface area contributed by atoms with E-state index in [1.54, 1.807) is 56.6 Å². The van der Waals surface area contributed by atoms with Gasteiger partial charge in [0.25, 0.3) is 11.8 Å². The summed E-state index contributed by atoms with van der Waals surface area (Å²) in [6, 6.07) is 11.8. The van der Waals surface area contributed by atoms with Crippen LogP contribution in [0.4, 0.5) is 5.69 Å². The lowest BCUT2D eigenvalue weighted by Crippen LogP contribution is -2.37. The van der Waals surface area contributed by atoms with E-state index >= 15 is 0 Å². The molecular weight excluding hydrogens is 360 g/mol. The van der Waals surface area contributed by atoms with Crippen molar-refractivity contribution < 1.29 is 14.7 Å². The Labute approximate surface area is 142 Å². The number of hydrogen-bond donors (Lipinski definition) is 2. The molecule has 0 radical (unpaired) electrons. The van der Waals surface area contributed by atoms with Gasteiger partial charge in [-0.25, -0.2) is 0 Å². The number of aliphatic hydroxyl groups is 1. The molecule has 23 heavy (non-hydrogen) atoms. The van der Waals surface area contributed by atoms with Crippen LogP contribution in [0.5, 0.6) is 0 Å². The first-order valence-electron chi connectivity index (χ1n) is 7.00. The third kappa shape index (κ3) is 2.34. The van der Waals surface area contributed by atoms with E-state index in [-0.39, 0.29) is 5.91 Å². The van der Waals surface area contributed by atoms with Crippen molar-refractivity contribution in [1.82, 2.24) is 4.90 Å². The number of hydrogen-bond acceptors (Lipinski definition) is 3. The van der Waals surface area contributed by atoms with Crippen molar-refractivity contribution in [3.8, 4) is 0 Å². The lowest BCUT2D eigenvalue weighted by Gasteiger charge is -2.24. The van der Waals surface area contributed by atoms with E-state index in [0.29, 0.717) is 22.4 Å². The quantitative estimate of drug-likeness (QED) is 0.847. The van der Waals surface area contributed by atoms with Crippen LogP contribution >= 0.6 is 15.9 Å². The normalized spacial score (nSPS) is 19.2. The number of rotatable bonds is 2. The lowest BCUT2D eigenvalue weighted by molar-refractivity contribution is -0.129. The fourth-order valence-corrected chi connectivity index (χ4v) is 3.02. The summed E-state index contributed by atoms with van der Waals surface area (Å²) in [5.74, 6) is -0.831. The molecule has 1 aliphatic rings. The molecule has 5 nitrogen and oxygen atoms in total. The molecule has 118 valence electrons. The molecule has 2 N–H and O–H groups in total. The van der Waals surface area contributed by atoms with Gasteiger partial charge in [0.1, 0.15) is 0 Å². The van der Waals surface area contributed by atoms with Gasteiger partial charge < -0.3 is 15.3 Å². The first-order chi connectivity index (χ1) is 10.9. The Hall–Kier alpha value is -2.18. The molecule has 0 spiro atoms. The van der Waals surface area contributed by atoms with E-state index in [1.807, 2.05) is 0 Å². The summed E-state index contributed by atoms with van der Waals surface area (Å²) < 4.78 is 0.834. The van der Waals surface area contributed by atoms with Crippen LogP contribution in [0, 0.1) is 0 Å². The van der Waals surface area contributed by atoms with Gasteiger partial charge in [-0.15, -0.1) is 0 Å². The Morgan fingerprint density at radius 3 is 2.43 bits per heavy atom. The molecule has 0 saturated carbocycles. The Kier molecular flexibility index (Phi) is 3.74. The standard InChI is InChI=1S/C17H15BrN2O3/c1-20(2)15(21)12-4-3-5-13-14(12)17(23,16(22)19-13)10-6-8-11(18)9-7-10/h3-9,23H,1-2H3,(H,19,22)/t17-/m0/s1. The number of amides is 2. The van der Waals surface area contributed by atoms with Crippen LogP contribution in [-0.4, -0.2) is 35.9 Å². The zero-order chi connectivity index (χ0) is 16.8. The minimum atomic E-state index is -1.89. The van der Waals surface area contributed by atoms with Gasteiger partial charge in [0.15, 0.2) is 5.60 Å². The summed E-state index contributed by atoms with van der Waals surface area (Å²) in [5, 5.41) is 13.9. The van der Waals surface area contributed by atoms with Crippen LogP contribution in [0.3, 0.4) is 0 Å². The molecule has 0 fully saturated rings. The number of nitrogens with one attached hydrogen (secondary N) is 1. The summed E-state index contributed by atoms with van der Waals surface area (Å²) in [5.41, 5.74) is -0.426. The fraction of sp³-hybridized carbons (Fsp3) is 0.176. The minimum Gasteiger partial charge on any atom is -0.372 e. The van der Waals surface area contributed by atoms with Crippen LogP contribution in [-0.2, 0) is 10.4 Å². The summed E-state index contributed by atoms with van der Waals surface area (Å²) in [7, 11) is 3.26. The Morgan fingerprint density at radius 2 is 1.83 bits per heavy atom. The Balaban J connectivity index is 2.25. The fourth-order valence-electron chi connectivity index (χ4n) is 2.76. The van der Waals surface area contributed by atoms with Crippen molar-refractivity contribution in [3.05, 3.63) is 63.6 Å². The molecule has 1 aliphatic heterocycles. The topological polar surface area (TPSA) is 69.6 Å². The van der Waals surface area contributed by atoms with Crippen LogP contribution in [0.2, 0.25) is 0 Å². The second kappa shape index (κ2) is 5.47. The highest BCUT2D eigenvalue weighted by Gasteiger charge is 2.49. The highest BCUT2D eigenvalue weighted by atomic mass is 79.9. The molecule has 0 saturated heterocycles. The molecule has 1 atom stereocenters. The summed E-state index contributed by atoms with van der Waals surface area (Å²) in [4.78, 5) is 26.4. The van der Waals surface area contributed by atoms with Gasteiger partial charge in [0.05, 0.1) is 0 Å². The van der Waals surface area contributed by atoms with E-state index < -0.39 is 11.5 Å². The van der Waals surface area contributed by atoms with E-state index in [2.05, 4.69) is 21.2 Å². The van der Waals surface area contributed by atoms with E-state index in [0.717, 1.165) is 4.47 Å². The maximum absolute atomic E-state index is 12.5. The van der Waals surface area contributed by atoms with Gasteiger partial charge in [-0.3, -0.25) is 9.59 Å². The molecule has 1 heterocycles. The van der Waals surface area contributed by atoms with Gasteiger partial charge in [-0.05, 0) is 29.8 Å². The third-order valence-electron chi connectivity index (χ3n) is 3.90. The van der Waals surface area contributed by atoms with E-state index in [4.69, 9.17) is 0 Å². The lowest BCUT2D eigenvalue weighted by atomic mass is 9.84. The van der Waals surface area contributed by atoms with Gasteiger partial charge >= 0.3 is 0 Å². The summed E-state index contributed by atoms with van der Waals surface area (Å²) in [6.45, 7) is 0. The number of halogens is 1. The highest BCUT2D eigenvalue weighted by molar-refractivity contribution is 9.10. The zero-order valence-electron chi connectivity index (χ0n) is 12.6. The number of nitrogens with zero attached hydrogens (tertiary/aromatic N) is 1. The van der Waals surface area contributed by atoms with E-state index in [9.17, 15) is 14.7 Å². The molecule has 0 aliphatic carbocycles. The van der Waals surface area contributed by atoms with Crippen molar-refractivity contribution >= 4 is 33.4 Å². The maximum atomic E-state index is 12.5. The van der Waals surface area contributed by atoms with Gasteiger partial charge in [-0.1, -0.05) is 34.1 Å². The third-order valence-corrected chi connectivity index (χ3v) is 4.43. The molecule has 6 heteroatoms. The molecular formula is C17H15BrN2O3. The molecule has 0 aromatic heterocycles. The van der Waals surface area contributed by atoms with Crippen molar-refractivity contribution in [2.75, 3.05) is 19.4 Å². The average molecular weight is 375 g/mol. The smallest absolute Gasteiger partial charge is 0.265 e. The first kappa shape index (κ1) is 15.7. The van der Waals surface area contributed by atoms with Gasteiger partial charge in [0, 0.05) is 35.4 Å². The largest absolute Gasteiger partial charge is 0.372 e. The van der Waals surface area contributed by atoms with Crippen molar-refractivity contribution in [2.45, 2.75) is 5.60 Å². The first-order valence-corrected chi connectivity index (χ1v) is 7.80. The Bertz CT molecular complexity index is 802. The molecule has 0 bridgehead atoms. The van der Waals surface area contributed by atoms with Gasteiger partial charge in [0.2, 0.25) is 0 Å². The van der Waals surface area contributed by atoms with E-state index in [1.165, 1.54) is 4.90 Å². The number of benzene rings is 2.